The molecule has 164 valence electrons. The SMILES string of the molecule is CCc1ccc(NC(=O)C(=O)NCCCC(=O)N2CCOC(c3ccccc3)C2)cc1. The summed E-state index contributed by atoms with van der Waals surface area (Å²) in [4.78, 5) is 38.3. The number of amides is 3. The molecule has 1 heterocycles. The Balaban J connectivity index is 1.37. The van der Waals surface area contributed by atoms with Gasteiger partial charge in [-0.1, -0.05) is 49.4 Å². The standard InChI is InChI=1S/C24H29N3O4/c1-2-18-10-12-20(13-11-18)26-24(30)23(29)25-14-6-9-22(28)27-15-16-31-21(17-27)19-7-4-3-5-8-19/h3-5,7-8,10-13,21H,2,6,9,14-17H2,1H3,(H,25,29)(H,26,30). The van der Waals surface area contributed by atoms with E-state index in [-0.39, 0.29) is 18.6 Å². The smallest absolute Gasteiger partial charge is 0.313 e. The molecular weight excluding hydrogens is 394 g/mol. The minimum Gasteiger partial charge on any atom is -0.370 e. The molecule has 1 unspecified atom stereocenters. The molecule has 1 atom stereocenters. The third-order valence-corrected chi connectivity index (χ3v) is 5.27. The number of hydrogen-bond donors (Lipinski definition) is 2. The quantitative estimate of drug-likeness (QED) is 0.529. The zero-order chi connectivity index (χ0) is 22.1. The maximum atomic E-state index is 12.5. The van der Waals surface area contributed by atoms with Gasteiger partial charge in [0.2, 0.25) is 5.91 Å². The molecule has 1 aliphatic heterocycles. The van der Waals surface area contributed by atoms with Crippen LogP contribution in [-0.2, 0) is 25.5 Å². The number of hydrogen-bond acceptors (Lipinski definition) is 4. The van der Waals surface area contributed by atoms with Gasteiger partial charge in [-0.15, -0.1) is 0 Å². The van der Waals surface area contributed by atoms with Crippen LogP contribution in [0.2, 0.25) is 0 Å². The molecule has 0 aromatic heterocycles. The zero-order valence-electron chi connectivity index (χ0n) is 17.8. The van der Waals surface area contributed by atoms with Crippen molar-refractivity contribution in [2.75, 3.05) is 31.6 Å². The lowest BCUT2D eigenvalue weighted by Crippen LogP contribution is -2.42. The fraction of sp³-hybridized carbons (Fsp3) is 0.375. The lowest BCUT2D eigenvalue weighted by molar-refractivity contribution is -0.139. The molecule has 1 fully saturated rings. The average molecular weight is 424 g/mol. The molecule has 3 amide bonds. The molecule has 0 radical (unpaired) electrons. The molecule has 0 spiro atoms. The third-order valence-electron chi connectivity index (χ3n) is 5.27. The molecule has 3 rings (SSSR count). The van der Waals surface area contributed by atoms with E-state index in [1.54, 1.807) is 17.0 Å². The van der Waals surface area contributed by atoms with Gasteiger partial charge in [-0.25, -0.2) is 0 Å². The lowest BCUT2D eigenvalue weighted by Gasteiger charge is -2.33. The number of ether oxygens (including phenoxy) is 1. The van der Waals surface area contributed by atoms with Gasteiger partial charge in [-0.3, -0.25) is 14.4 Å². The summed E-state index contributed by atoms with van der Waals surface area (Å²) in [5.74, 6) is -1.39. The molecule has 1 saturated heterocycles. The molecule has 1 aliphatic rings. The number of benzene rings is 2. The van der Waals surface area contributed by atoms with E-state index in [0.717, 1.165) is 17.5 Å². The highest BCUT2D eigenvalue weighted by Gasteiger charge is 2.25. The third kappa shape index (κ3) is 6.65. The molecule has 7 nitrogen and oxygen atoms in total. The van der Waals surface area contributed by atoms with Crippen molar-refractivity contribution in [1.29, 1.82) is 0 Å². The van der Waals surface area contributed by atoms with Crippen LogP contribution in [-0.4, -0.2) is 48.9 Å². The molecule has 31 heavy (non-hydrogen) atoms. The molecule has 2 aromatic carbocycles. The minimum absolute atomic E-state index is 0.0268. The van der Waals surface area contributed by atoms with Crippen molar-refractivity contribution in [3.8, 4) is 0 Å². The first-order valence-corrected chi connectivity index (χ1v) is 10.7. The van der Waals surface area contributed by atoms with Gasteiger partial charge in [0.1, 0.15) is 6.10 Å². The molecule has 0 aliphatic carbocycles. The van der Waals surface area contributed by atoms with Crippen LogP contribution in [0.1, 0.15) is 37.0 Å². The van der Waals surface area contributed by atoms with Gasteiger partial charge in [0, 0.05) is 25.2 Å². The van der Waals surface area contributed by atoms with Crippen LogP contribution >= 0.6 is 0 Å². The summed E-state index contributed by atoms with van der Waals surface area (Å²) in [6, 6.07) is 17.2. The highest BCUT2D eigenvalue weighted by molar-refractivity contribution is 6.39. The van der Waals surface area contributed by atoms with Gasteiger partial charge in [0.15, 0.2) is 0 Å². The van der Waals surface area contributed by atoms with Crippen molar-refractivity contribution in [2.45, 2.75) is 32.3 Å². The van der Waals surface area contributed by atoms with E-state index in [0.29, 0.717) is 38.2 Å². The Hall–Kier alpha value is -3.19. The van der Waals surface area contributed by atoms with Crippen LogP contribution in [0.5, 0.6) is 0 Å². The predicted molar refractivity (Wildman–Crippen MR) is 118 cm³/mol. The van der Waals surface area contributed by atoms with Gasteiger partial charge >= 0.3 is 11.8 Å². The van der Waals surface area contributed by atoms with Gasteiger partial charge in [0.05, 0.1) is 13.2 Å². The Morgan fingerprint density at radius 1 is 1.03 bits per heavy atom. The second kappa shape index (κ2) is 11.3. The molecule has 0 bridgehead atoms. The van der Waals surface area contributed by atoms with Crippen LogP contribution in [0.25, 0.3) is 0 Å². The van der Waals surface area contributed by atoms with Crippen molar-refractivity contribution in [3.05, 3.63) is 65.7 Å². The van der Waals surface area contributed by atoms with Gasteiger partial charge < -0.3 is 20.3 Å². The summed E-state index contributed by atoms with van der Waals surface area (Å²) in [7, 11) is 0. The lowest BCUT2D eigenvalue weighted by atomic mass is 10.1. The fourth-order valence-electron chi connectivity index (χ4n) is 3.44. The predicted octanol–water partition coefficient (Wildman–Crippen LogP) is 2.68. The number of anilines is 1. The van der Waals surface area contributed by atoms with E-state index < -0.39 is 11.8 Å². The highest BCUT2D eigenvalue weighted by Crippen LogP contribution is 2.22. The van der Waals surface area contributed by atoms with E-state index in [1.165, 1.54) is 0 Å². The van der Waals surface area contributed by atoms with E-state index >= 15 is 0 Å². The second-order valence-electron chi connectivity index (χ2n) is 7.47. The first kappa shape index (κ1) is 22.5. The Labute approximate surface area is 182 Å². The van der Waals surface area contributed by atoms with Crippen molar-refractivity contribution in [3.63, 3.8) is 0 Å². The number of morpholine rings is 1. The zero-order valence-corrected chi connectivity index (χ0v) is 17.8. The Morgan fingerprint density at radius 2 is 1.77 bits per heavy atom. The van der Waals surface area contributed by atoms with Gasteiger partial charge in [-0.2, -0.15) is 0 Å². The van der Waals surface area contributed by atoms with Crippen LogP contribution in [0.3, 0.4) is 0 Å². The highest BCUT2D eigenvalue weighted by atomic mass is 16.5. The maximum Gasteiger partial charge on any atom is 0.313 e. The number of carbonyl (C=O) groups is 3. The van der Waals surface area contributed by atoms with Crippen LogP contribution < -0.4 is 10.6 Å². The summed E-state index contributed by atoms with van der Waals surface area (Å²) in [6.45, 7) is 3.90. The summed E-state index contributed by atoms with van der Waals surface area (Å²) >= 11 is 0. The van der Waals surface area contributed by atoms with Crippen molar-refractivity contribution >= 4 is 23.4 Å². The number of rotatable bonds is 7. The van der Waals surface area contributed by atoms with Gasteiger partial charge in [0.25, 0.3) is 0 Å². The fourth-order valence-corrected chi connectivity index (χ4v) is 3.44. The van der Waals surface area contributed by atoms with Crippen LogP contribution in [0.15, 0.2) is 54.6 Å². The van der Waals surface area contributed by atoms with Gasteiger partial charge in [-0.05, 0) is 36.1 Å². The second-order valence-corrected chi connectivity index (χ2v) is 7.47. The largest absolute Gasteiger partial charge is 0.370 e. The summed E-state index contributed by atoms with van der Waals surface area (Å²) in [5.41, 5.74) is 2.79. The summed E-state index contributed by atoms with van der Waals surface area (Å²) in [6.07, 6.45) is 1.57. The molecular formula is C24H29N3O4. The number of carbonyl (C=O) groups excluding carboxylic acids is 3. The average Bonchev–Trinajstić information content (AvgIpc) is 2.82. The molecule has 2 aromatic rings. The maximum absolute atomic E-state index is 12.5. The van der Waals surface area contributed by atoms with Crippen LogP contribution in [0, 0.1) is 0 Å². The summed E-state index contributed by atoms with van der Waals surface area (Å²) in [5, 5.41) is 5.15. The first-order chi connectivity index (χ1) is 15.1. The topological polar surface area (TPSA) is 87.7 Å². The Kier molecular flexibility index (Phi) is 8.18. The van der Waals surface area contributed by atoms with E-state index in [2.05, 4.69) is 10.6 Å². The van der Waals surface area contributed by atoms with Crippen molar-refractivity contribution in [1.82, 2.24) is 10.2 Å². The number of nitrogens with zero attached hydrogens (tertiary/aromatic N) is 1. The first-order valence-electron chi connectivity index (χ1n) is 10.7. The Bertz CT molecular complexity index is 883. The van der Waals surface area contributed by atoms with Crippen molar-refractivity contribution < 1.29 is 19.1 Å². The number of nitrogens with one attached hydrogen (secondary N) is 2. The molecule has 2 N–H and O–H groups in total. The van der Waals surface area contributed by atoms with Crippen LogP contribution in [0.4, 0.5) is 5.69 Å². The van der Waals surface area contributed by atoms with E-state index in [1.807, 2.05) is 49.4 Å². The number of aryl methyl sites for hydroxylation is 1. The minimum atomic E-state index is -0.713. The molecule has 0 saturated carbocycles. The van der Waals surface area contributed by atoms with Crippen molar-refractivity contribution in [2.24, 2.45) is 0 Å². The summed E-state index contributed by atoms with van der Waals surface area (Å²) < 4.78 is 5.79. The normalized spacial score (nSPS) is 15.9. The molecule has 7 heteroatoms. The Morgan fingerprint density at radius 3 is 2.48 bits per heavy atom. The van der Waals surface area contributed by atoms with E-state index in [9.17, 15) is 14.4 Å². The monoisotopic (exact) mass is 423 g/mol. The van der Waals surface area contributed by atoms with E-state index in [4.69, 9.17) is 4.74 Å².